The highest BCUT2D eigenvalue weighted by Gasteiger charge is 2.14. The van der Waals surface area contributed by atoms with E-state index in [-0.39, 0.29) is 0 Å². The molecular formula is C18H23N5S. The summed E-state index contributed by atoms with van der Waals surface area (Å²) in [6.45, 7) is 8.15. The summed E-state index contributed by atoms with van der Waals surface area (Å²) in [4.78, 5) is 4.96. The fourth-order valence-corrected chi connectivity index (χ4v) is 3.02. The molecule has 0 amide bonds. The lowest BCUT2D eigenvalue weighted by atomic mass is 10.2. The number of hydrogen-bond acceptors (Lipinski definition) is 4. The maximum atomic E-state index is 4.93. The summed E-state index contributed by atoms with van der Waals surface area (Å²) >= 11 is 4.93. The highest BCUT2D eigenvalue weighted by Crippen LogP contribution is 2.15. The number of nitrogens with zero attached hydrogens (tertiary/aromatic N) is 4. The van der Waals surface area contributed by atoms with E-state index in [0.29, 0.717) is 4.77 Å². The van der Waals surface area contributed by atoms with Crippen molar-refractivity contribution >= 4 is 23.6 Å². The van der Waals surface area contributed by atoms with E-state index < -0.39 is 0 Å². The van der Waals surface area contributed by atoms with E-state index in [9.17, 15) is 0 Å². The number of anilines is 1. The predicted octanol–water partition coefficient (Wildman–Crippen LogP) is 3.22. The fourth-order valence-electron chi connectivity index (χ4n) is 2.82. The van der Waals surface area contributed by atoms with Gasteiger partial charge in [-0.25, -0.2) is 0 Å². The minimum absolute atomic E-state index is 0.635. The lowest BCUT2D eigenvalue weighted by molar-refractivity contribution is 0.271. The number of nitrogens with one attached hydrogen (secondary N) is 1. The van der Waals surface area contributed by atoms with Crippen molar-refractivity contribution in [1.82, 2.24) is 19.5 Å². The lowest BCUT2D eigenvalue weighted by Crippen LogP contribution is -2.46. The number of fused-ring (bicyclic) bond motifs is 1. The number of benzene rings is 1. The Morgan fingerprint density at radius 3 is 2.38 bits per heavy atom. The Balaban J connectivity index is 0.000000149. The van der Waals surface area contributed by atoms with Gasteiger partial charge >= 0.3 is 0 Å². The number of rotatable bonds is 2. The van der Waals surface area contributed by atoms with Crippen LogP contribution in [0.4, 0.5) is 5.69 Å². The molecule has 1 fully saturated rings. The Morgan fingerprint density at radius 2 is 1.71 bits per heavy atom. The molecule has 1 aliphatic heterocycles. The number of para-hydroxylation sites is 1. The molecule has 126 valence electrons. The molecule has 0 atom stereocenters. The highest BCUT2D eigenvalue weighted by atomic mass is 32.1. The van der Waals surface area contributed by atoms with Gasteiger partial charge in [-0.05, 0) is 43.0 Å². The van der Waals surface area contributed by atoms with E-state index in [1.165, 1.54) is 25.3 Å². The first-order valence-electron chi connectivity index (χ1n) is 8.32. The zero-order chi connectivity index (χ0) is 16.8. The Labute approximate surface area is 147 Å². The summed E-state index contributed by atoms with van der Waals surface area (Å²) in [6.07, 6.45) is 1.88. The third-order valence-corrected chi connectivity index (χ3v) is 4.55. The highest BCUT2D eigenvalue weighted by molar-refractivity contribution is 7.71. The van der Waals surface area contributed by atoms with Crippen LogP contribution < -0.4 is 4.90 Å². The number of hydrogen-bond donors (Lipinski definition) is 1. The molecule has 4 rings (SSSR count). The van der Waals surface area contributed by atoms with Crippen molar-refractivity contribution < 1.29 is 0 Å². The molecule has 0 bridgehead atoms. The van der Waals surface area contributed by atoms with Gasteiger partial charge in [0.05, 0.1) is 0 Å². The Hall–Kier alpha value is -2.18. The minimum Gasteiger partial charge on any atom is -0.369 e. The number of piperazine rings is 1. The Kier molecular flexibility index (Phi) is 5.61. The van der Waals surface area contributed by atoms with Crippen LogP contribution in [0.15, 0.2) is 54.7 Å². The van der Waals surface area contributed by atoms with Gasteiger partial charge in [-0.3, -0.25) is 9.50 Å². The molecular weight excluding hydrogens is 318 g/mol. The van der Waals surface area contributed by atoms with Gasteiger partial charge in [0.1, 0.15) is 0 Å². The molecule has 3 aromatic rings. The van der Waals surface area contributed by atoms with E-state index in [0.717, 1.165) is 18.7 Å². The van der Waals surface area contributed by atoms with Crippen LogP contribution in [0.25, 0.3) is 5.65 Å². The van der Waals surface area contributed by atoms with Gasteiger partial charge in [0.2, 0.25) is 0 Å². The van der Waals surface area contributed by atoms with Crippen LogP contribution in [0.1, 0.15) is 6.92 Å². The molecule has 5 nitrogen and oxygen atoms in total. The molecule has 0 spiro atoms. The first kappa shape index (κ1) is 16.7. The summed E-state index contributed by atoms with van der Waals surface area (Å²) in [6, 6.07) is 16.4. The third kappa shape index (κ3) is 4.01. The van der Waals surface area contributed by atoms with Gasteiger partial charge in [-0.1, -0.05) is 31.2 Å². The van der Waals surface area contributed by atoms with Crippen LogP contribution >= 0.6 is 12.2 Å². The van der Waals surface area contributed by atoms with E-state index in [1.54, 1.807) is 0 Å². The molecule has 6 heteroatoms. The van der Waals surface area contributed by atoms with Crippen LogP contribution in [0, 0.1) is 4.77 Å². The van der Waals surface area contributed by atoms with Crippen molar-refractivity contribution in [3.05, 3.63) is 59.5 Å². The molecule has 1 aromatic carbocycles. The summed E-state index contributed by atoms with van der Waals surface area (Å²) in [5.74, 6) is 0. The summed E-state index contributed by atoms with van der Waals surface area (Å²) in [5.41, 5.74) is 2.22. The standard InChI is InChI=1S/C12H18N2.C6H5N3S/c1-2-13-8-10-14(11-9-13)12-6-4-3-5-7-12;10-6-8-7-5-3-1-2-4-9(5)6/h3-7H,2,8-11H2,1H3;1-4H,(H,8,10). The van der Waals surface area contributed by atoms with Crippen LogP contribution in [0.5, 0.6) is 0 Å². The normalized spacial score (nSPS) is 15.1. The molecule has 3 heterocycles. The molecule has 24 heavy (non-hydrogen) atoms. The van der Waals surface area contributed by atoms with E-state index in [2.05, 4.69) is 57.3 Å². The quantitative estimate of drug-likeness (QED) is 0.727. The van der Waals surface area contributed by atoms with Crippen molar-refractivity contribution in [1.29, 1.82) is 0 Å². The second kappa shape index (κ2) is 8.08. The van der Waals surface area contributed by atoms with Crippen molar-refractivity contribution in [2.45, 2.75) is 6.92 Å². The zero-order valence-electron chi connectivity index (χ0n) is 13.9. The predicted molar refractivity (Wildman–Crippen MR) is 101 cm³/mol. The molecule has 0 aliphatic carbocycles. The number of likely N-dealkylation sites (N-methyl/N-ethyl adjacent to an activating group) is 1. The van der Waals surface area contributed by atoms with Gasteiger partial charge in [0.15, 0.2) is 10.4 Å². The zero-order valence-corrected chi connectivity index (χ0v) is 14.7. The molecule has 1 saturated heterocycles. The molecule has 0 radical (unpaired) electrons. The monoisotopic (exact) mass is 341 g/mol. The van der Waals surface area contributed by atoms with Gasteiger partial charge in [-0.15, -0.1) is 0 Å². The average molecular weight is 341 g/mol. The van der Waals surface area contributed by atoms with Crippen LogP contribution in [0.3, 0.4) is 0 Å². The topological polar surface area (TPSA) is 39.6 Å². The van der Waals surface area contributed by atoms with Crippen LogP contribution in [-0.2, 0) is 0 Å². The molecule has 2 aromatic heterocycles. The average Bonchev–Trinajstić information content (AvgIpc) is 3.05. The van der Waals surface area contributed by atoms with Crippen molar-refractivity contribution in [3.8, 4) is 0 Å². The Bertz CT molecular complexity index is 803. The van der Waals surface area contributed by atoms with E-state index in [4.69, 9.17) is 12.2 Å². The lowest BCUT2D eigenvalue weighted by Gasteiger charge is -2.35. The second-order valence-electron chi connectivity index (χ2n) is 5.71. The summed E-state index contributed by atoms with van der Waals surface area (Å²) in [5, 5.41) is 6.66. The second-order valence-corrected chi connectivity index (χ2v) is 6.10. The maximum absolute atomic E-state index is 4.93. The third-order valence-electron chi connectivity index (χ3n) is 4.26. The van der Waals surface area contributed by atoms with Crippen molar-refractivity contribution in [3.63, 3.8) is 0 Å². The summed E-state index contributed by atoms with van der Waals surface area (Å²) < 4.78 is 2.45. The van der Waals surface area contributed by atoms with Crippen LogP contribution in [0.2, 0.25) is 0 Å². The number of aromatic nitrogens is 3. The number of H-pyrrole nitrogens is 1. The minimum atomic E-state index is 0.635. The molecule has 0 unspecified atom stereocenters. The van der Waals surface area contributed by atoms with E-state index >= 15 is 0 Å². The van der Waals surface area contributed by atoms with Crippen molar-refractivity contribution in [2.24, 2.45) is 0 Å². The number of pyridine rings is 1. The summed E-state index contributed by atoms with van der Waals surface area (Å²) in [7, 11) is 0. The molecule has 1 N–H and O–H groups in total. The van der Waals surface area contributed by atoms with E-state index in [1.807, 2.05) is 28.8 Å². The Morgan fingerprint density at radius 1 is 1.00 bits per heavy atom. The van der Waals surface area contributed by atoms with Gasteiger partial charge < -0.3 is 9.80 Å². The first-order chi connectivity index (χ1) is 11.8. The van der Waals surface area contributed by atoms with Crippen molar-refractivity contribution in [2.75, 3.05) is 37.6 Å². The number of aromatic amines is 1. The SMILES string of the molecule is CCN1CCN(c2ccccc2)CC1.S=c1[nH]nc2ccccn12. The van der Waals surface area contributed by atoms with Gasteiger partial charge in [0, 0.05) is 38.1 Å². The fraction of sp³-hybridized carbons (Fsp3) is 0.333. The van der Waals surface area contributed by atoms with Crippen LogP contribution in [-0.4, -0.2) is 52.2 Å². The maximum Gasteiger partial charge on any atom is 0.199 e. The molecule has 0 saturated carbocycles. The van der Waals surface area contributed by atoms with Gasteiger partial charge in [0.25, 0.3) is 0 Å². The largest absolute Gasteiger partial charge is 0.369 e. The smallest absolute Gasteiger partial charge is 0.199 e. The molecule has 1 aliphatic rings. The van der Waals surface area contributed by atoms with Gasteiger partial charge in [-0.2, -0.15) is 5.10 Å². The first-order valence-corrected chi connectivity index (χ1v) is 8.73.